The van der Waals surface area contributed by atoms with Crippen molar-refractivity contribution in [3.8, 4) is 0 Å². The predicted octanol–water partition coefficient (Wildman–Crippen LogP) is 8.20. The number of rotatable bonds is 6. The van der Waals surface area contributed by atoms with E-state index in [0.29, 0.717) is 11.3 Å². The minimum Gasteiger partial charge on any atom is -0.354 e. The van der Waals surface area contributed by atoms with Crippen LogP contribution >= 0.6 is 34.0 Å². The van der Waals surface area contributed by atoms with Crippen molar-refractivity contribution in [1.82, 2.24) is 9.47 Å². The fraction of sp³-hybridized carbons (Fsp3) is 0.182. The zero-order valence-electron chi connectivity index (χ0n) is 22.7. The molecule has 206 valence electrons. The normalized spacial score (nSPS) is 14.4. The van der Waals surface area contributed by atoms with E-state index in [9.17, 15) is 4.79 Å². The summed E-state index contributed by atoms with van der Waals surface area (Å²) in [5, 5.41) is 2.02. The lowest BCUT2D eigenvalue weighted by Crippen LogP contribution is -2.12. The SMILES string of the molecule is Br.Br.CCCN1C=CC(=C2C=CC(=NC(=O)c3ccc(N=c4ccn(CCC)c5ccccc45)cc3)C=C2)C=C1. The van der Waals surface area contributed by atoms with Gasteiger partial charge in [-0.3, -0.25) is 4.79 Å². The van der Waals surface area contributed by atoms with Gasteiger partial charge >= 0.3 is 0 Å². The summed E-state index contributed by atoms with van der Waals surface area (Å²) in [6, 6.07) is 17.7. The Morgan fingerprint density at radius 2 is 1.40 bits per heavy atom. The molecular formula is C33H34Br2N4O. The van der Waals surface area contributed by atoms with Crippen LogP contribution in [0, 0.1) is 0 Å². The first-order valence-corrected chi connectivity index (χ1v) is 13.2. The summed E-state index contributed by atoms with van der Waals surface area (Å²) in [4.78, 5) is 24.1. The Bertz CT molecular complexity index is 1570. The standard InChI is InChI=1S/C33H32N4O.2BrH/c1-3-20-36-22-17-26(18-23-36)25-9-13-29(14-10-25)35-33(38)27-11-15-28(16-12-27)34-31-19-24-37(21-4-2)32-8-6-5-7-30(31)32;;/h5-19,22-24H,3-4,20-21H2,1-2H3;2*1H. The average molecular weight is 662 g/mol. The van der Waals surface area contributed by atoms with E-state index in [1.54, 1.807) is 12.1 Å². The molecule has 0 N–H and O–H groups in total. The molecule has 2 heterocycles. The molecule has 2 aliphatic rings. The lowest BCUT2D eigenvalue weighted by Gasteiger charge is -2.18. The highest BCUT2D eigenvalue weighted by Crippen LogP contribution is 2.20. The number of halogens is 2. The second kappa shape index (κ2) is 14.7. The van der Waals surface area contributed by atoms with Gasteiger partial charge in [0.15, 0.2) is 0 Å². The minimum absolute atomic E-state index is 0. The van der Waals surface area contributed by atoms with Gasteiger partial charge in [0, 0.05) is 42.6 Å². The molecule has 1 aliphatic heterocycles. The number of carbonyl (C=O) groups is 1. The van der Waals surface area contributed by atoms with Gasteiger partial charge in [-0.15, -0.1) is 34.0 Å². The number of pyridine rings is 1. The lowest BCUT2D eigenvalue weighted by atomic mass is 10.0. The molecule has 3 aromatic rings. The number of hydrogen-bond donors (Lipinski definition) is 0. The van der Waals surface area contributed by atoms with Crippen molar-refractivity contribution < 1.29 is 4.79 Å². The van der Waals surface area contributed by atoms with Gasteiger partial charge in [-0.1, -0.05) is 44.2 Å². The molecule has 7 heteroatoms. The van der Waals surface area contributed by atoms with E-state index in [0.717, 1.165) is 53.5 Å². The third-order valence-electron chi connectivity index (χ3n) is 6.53. The van der Waals surface area contributed by atoms with Crippen molar-refractivity contribution in [3.63, 3.8) is 0 Å². The zero-order valence-corrected chi connectivity index (χ0v) is 26.2. The van der Waals surface area contributed by atoms with E-state index in [1.807, 2.05) is 42.5 Å². The Morgan fingerprint density at radius 3 is 2.08 bits per heavy atom. The van der Waals surface area contributed by atoms with Crippen LogP contribution in [0.5, 0.6) is 0 Å². The van der Waals surface area contributed by atoms with E-state index >= 15 is 0 Å². The van der Waals surface area contributed by atoms with E-state index < -0.39 is 0 Å². The van der Waals surface area contributed by atoms with Crippen molar-refractivity contribution in [3.05, 3.63) is 132 Å². The molecule has 40 heavy (non-hydrogen) atoms. The molecule has 0 bridgehead atoms. The summed E-state index contributed by atoms with van der Waals surface area (Å²) < 4.78 is 2.26. The lowest BCUT2D eigenvalue weighted by molar-refractivity contribution is 0.100. The smallest absolute Gasteiger partial charge is 0.277 e. The van der Waals surface area contributed by atoms with Crippen LogP contribution < -0.4 is 5.36 Å². The number of benzene rings is 2. The number of aryl methyl sites for hydroxylation is 1. The summed E-state index contributed by atoms with van der Waals surface area (Å²) >= 11 is 0. The first-order chi connectivity index (χ1) is 18.6. The molecular weight excluding hydrogens is 628 g/mol. The molecule has 0 saturated heterocycles. The fourth-order valence-corrected chi connectivity index (χ4v) is 4.59. The third kappa shape index (κ3) is 7.34. The van der Waals surface area contributed by atoms with Crippen LogP contribution in [0.4, 0.5) is 5.69 Å². The largest absolute Gasteiger partial charge is 0.354 e. The molecule has 0 atom stereocenters. The van der Waals surface area contributed by atoms with E-state index in [2.05, 4.69) is 83.3 Å². The first kappa shape index (κ1) is 31.0. The van der Waals surface area contributed by atoms with Crippen molar-refractivity contribution in [2.75, 3.05) is 6.54 Å². The highest BCUT2D eigenvalue weighted by molar-refractivity contribution is 8.93. The van der Waals surface area contributed by atoms with Crippen LogP contribution in [0.1, 0.15) is 37.0 Å². The molecule has 0 fully saturated rings. The second-order valence-electron chi connectivity index (χ2n) is 9.36. The topological polar surface area (TPSA) is 50.0 Å². The number of nitrogens with zero attached hydrogens (tertiary/aromatic N) is 4. The van der Waals surface area contributed by atoms with Crippen LogP contribution in [0.25, 0.3) is 10.9 Å². The van der Waals surface area contributed by atoms with Crippen LogP contribution in [-0.2, 0) is 6.54 Å². The van der Waals surface area contributed by atoms with Gasteiger partial charge in [0.25, 0.3) is 5.91 Å². The number of aliphatic imine (C=N–C) groups is 1. The number of carbonyl (C=O) groups excluding carboxylic acids is 1. The quantitative estimate of drug-likeness (QED) is 0.267. The zero-order chi connectivity index (χ0) is 26.3. The van der Waals surface area contributed by atoms with Crippen molar-refractivity contribution in [2.24, 2.45) is 9.98 Å². The van der Waals surface area contributed by atoms with Gasteiger partial charge in [-0.05, 0) is 84.7 Å². The molecule has 2 aromatic carbocycles. The Balaban J connectivity index is 0.00000220. The second-order valence-corrected chi connectivity index (χ2v) is 9.36. The first-order valence-electron chi connectivity index (χ1n) is 13.2. The molecule has 5 nitrogen and oxygen atoms in total. The van der Waals surface area contributed by atoms with Crippen LogP contribution in [0.15, 0.2) is 131 Å². The number of amides is 1. The Kier molecular flexibility index (Phi) is 11.4. The highest BCUT2D eigenvalue weighted by Gasteiger charge is 2.09. The van der Waals surface area contributed by atoms with Crippen molar-refractivity contribution >= 4 is 62.2 Å². The van der Waals surface area contributed by atoms with E-state index in [4.69, 9.17) is 4.99 Å². The maximum absolute atomic E-state index is 12.8. The maximum atomic E-state index is 12.8. The number of hydrogen-bond acceptors (Lipinski definition) is 3. The van der Waals surface area contributed by atoms with Gasteiger partial charge in [-0.2, -0.15) is 0 Å². The van der Waals surface area contributed by atoms with Crippen molar-refractivity contribution in [2.45, 2.75) is 33.2 Å². The van der Waals surface area contributed by atoms with E-state index in [-0.39, 0.29) is 39.9 Å². The summed E-state index contributed by atoms with van der Waals surface area (Å²) in [6.45, 7) is 6.33. The predicted molar refractivity (Wildman–Crippen MR) is 177 cm³/mol. The molecule has 5 rings (SSSR count). The Hall–Kier alpha value is -3.55. The Labute approximate surface area is 256 Å². The number of allylic oxidation sites excluding steroid dienone is 8. The summed E-state index contributed by atoms with van der Waals surface area (Å²) in [7, 11) is 0. The summed E-state index contributed by atoms with van der Waals surface area (Å²) in [6.07, 6.45) is 20.5. The van der Waals surface area contributed by atoms with Crippen LogP contribution in [0.2, 0.25) is 0 Å². The maximum Gasteiger partial charge on any atom is 0.277 e. The highest BCUT2D eigenvalue weighted by atomic mass is 79.9. The van der Waals surface area contributed by atoms with Gasteiger partial charge in [0.1, 0.15) is 0 Å². The fourth-order valence-electron chi connectivity index (χ4n) is 4.59. The minimum atomic E-state index is -0.268. The summed E-state index contributed by atoms with van der Waals surface area (Å²) in [5.74, 6) is -0.268. The molecule has 0 unspecified atom stereocenters. The molecule has 0 spiro atoms. The monoisotopic (exact) mass is 660 g/mol. The van der Waals surface area contributed by atoms with Gasteiger partial charge in [0.05, 0.1) is 22.3 Å². The number of para-hydroxylation sites is 1. The number of aromatic nitrogens is 1. The van der Waals surface area contributed by atoms with Gasteiger partial charge in [-0.25, -0.2) is 9.98 Å². The molecule has 1 amide bonds. The molecule has 0 radical (unpaired) electrons. The molecule has 0 saturated carbocycles. The van der Waals surface area contributed by atoms with Crippen molar-refractivity contribution in [1.29, 1.82) is 0 Å². The number of fused-ring (bicyclic) bond motifs is 1. The third-order valence-corrected chi connectivity index (χ3v) is 6.53. The molecule has 1 aliphatic carbocycles. The molecule has 1 aromatic heterocycles. The van der Waals surface area contributed by atoms with Crippen LogP contribution in [-0.4, -0.2) is 27.6 Å². The van der Waals surface area contributed by atoms with Gasteiger partial charge in [0.2, 0.25) is 0 Å². The average Bonchev–Trinajstić information content (AvgIpc) is 2.96. The van der Waals surface area contributed by atoms with Gasteiger partial charge < -0.3 is 9.47 Å². The summed E-state index contributed by atoms with van der Waals surface area (Å²) in [5.41, 5.74) is 5.38. The van der Waals surface area contributed by atoms with E-state index in [1.165, 1.54) is 5.52 Å². The Morgan fingerprint density at radius 1 is 0.750 bits per heavy atom. The van der Waals surface area contributed by atoms with Crippen LogP contribution in [0.3, 0.4) is 0 Å².